The van der Waals surface area contributed by atoms with Crippen LogP contribution in [0.2, 0.25) is 0 Å². The zero-order valence-electron chi connectivity index (χ0n) is 17.9. The molecule has 2 aromatic carbocycles. The summed E-state index contributed by atoms with van der Waals surface area (Å²) in [5, 5.41) is 6.59. The zero-order chi connectivity index (χ0) is 21.8. The molecule has 0 bridgehead atoms. The van der Waals surface area contributed by atoms with Crippen LogP contribution in [-0.2, 0) is 6.54 Å². The van der Waals surface area contributed by atoms with Crippen molar-refractivity contribution in [1.29, 1.82) is 0 Å². The maximum atomic E-state index is 14.1. The second-order valence-electron chi connectivity index (χ2n) is 7.61. The Morgan fingerprint density at radius 2 is 2.00 bits per heavy atom. The molecule has 0 aliphatic carbocycles. The first-order chi connectivity index (χ1) is 15.0. The lowest BCUT2D eigenvalue weighted by atomic mass is 10.1. The highest BCUT2D eigenvalue weighted by Crippen LogP contribution is 2.24. The van der Waals surface area contributed by atoms with Crippen LogP contribution in [0.1, 0.15) is 17.7 Å². The summed E-state index contributed by atoms with van der Waals surface area (Å²) in [6.45, 7) is 3.77. The number of oxazole rings is 1. The van der Waals surface area contributed by atoms with Crippen LogP contribution in [0.15, 0.2) is 58.1 Å². The van der Waals surface area contributed by atoms with Crippen molar-refractivity contribution in [2.45, 2.75) is 25.9 Å². The summed E-state index contributed by atoms with van der Waals surface area (Å²) < 4.78 is 32.8. The van der Waals surface area contributed by atoms with E-state index in [1.54, 1.807) is 13.3 Å². The fraction of sp³-hybridized carbons (Fsp3) is 0.304. The second kappa shape index (κ2) is 10.8. The number of anilines is 1. The molecule has 4 rings (SSSR count). The largest absolute Gasteiger partial charge is 0.444 e. The van der Waals surface area contributed by atoms with E-state index in [0.29, 0.717) is 37.2 Å². The fourth-order valence-electron chi connectivity index (χ4n) is 3.61. The number of aromatic nitrogens is 1. The smallest absolute Gasteiger partial charge is 0.226 e. The second-order valence-corrected chi connectivity index (χ2v) is 7.61. The number of rotatable bonds is 5. The van der Waals surface area contributed by atoms with Crippen molar-refractivity contribution >= 4 is 35.6 Å². The van der Waals surface area contributed by atoms with Gasteiger partial charge < -0.3 is 20.0 Å². The lowest BCUT2D eigenvalue weighted by Crippen LogP contribution is -2.44. The summed E-state index contributed by atoms with van der Waals surface area (Å²) in [5.74, 6) is 0.0931. The number of aliphatic imine (C=N–C) groups is 1. The molecule has 6 nitrogen and oxygen atoms in total. The Hall–Kier alpha value is -2.69. The highest BCUT2D eigenvalue weighted by molar-refractivity contribution is 14.0. The molecule has 9 heteroatoms. The first kappa shape index (κ1) is 24.0. The van der Waals surface area contributed by atoms with Crippen LogP contribution in [-0.4, -0.2) is 37.1 Å². The van der Waals surface area contributed by atoms with E-state index in [0.717, 1.165) is 23.7 Å². The van der Waals surface area contributed by atoms with Crippen LogP contribution < -0.4 is 15.5 Å². The average molecular weight is 553 g/mol. The Balaban J connectivity index is 0.00000289. The van der Waals surface area contributed by atoms with Crippen molar-refractivity contribution in [3.63, 3.8) is 0 Å². The fourth-order valence-corrected chi connectivity index (χ4v) is 3.61. The molecule has 0 radical (unpaired) electrons. The van der Waals surface area contributed by atoms with Crippen LogP contribution in [0.5, 0.6) is 0 Å². The van der Waals surface area contributed by atoms with Gasteiger partial charge in [-0.2, -0.15) is 0 Å². The highest BCUT2D eigenvalue weighted by atomic mass is 127. The number of aryl methyl sites for hydroxylation is 1. The molecule has 1 atom stereocenters. The van der Waals surface area contributed by atoms with Gasteiger partial charge >= 0.3 is 0 Å². The van der Waals surface area contributed by atoms with E-state index in [9.17, 15) is 8.78 Å². The average Bonchev–Trinajstić information content (AvgIpc) is 3.41. The minimum Gasteiger partial charge on any atom is -0.444 e. The van der Waals surface area contributed by atoms with E-state index in [1.807, 2.05) is 36.1 Å². The van der Waals surface area contributed by atoms with Crippen LogP contribution in [0.3, 0.4) is 0 Å². The maximum absolute atomic E-state index is 14.1. The Morgan fingerprint density at radius 1 is 1.22 bits per heavy atom. The summed E-state index contributed by atoms with van der Waals surface area (Å²) in [6, 6.07) is 11.8. The predicted octanol–water partition coefficient (Wildman–Crippen LogP) is 4.49. The molecule has 32 heavy (non-hydrogen) atoms. The van der Waals surface area contributed by atoms with Gasteiger partial charge in [0.25, 0.3) is 0 Å². The number of guanidine groups is 1. The molecule has 1 aliphatic heterocycles. The topological polar surface area (TPSA) is 65.7 Å². The van der Waals surface area contributed by atoms with Crippen molar-refractivity contribution in [3.8, 4) is 11.5 Å². The molecule has 1 unspecified atom stereocenters. The third-order valence-corrected chi connectivity index (χ3v) is 5.29. The minimum atomic E-state index is -0.571. The number of hydrogen-bond donors (Lipinski definition) is 2. The van der Waals surface area contributed by atoms with E-state index >= 15 is 0 Å². The van der Waals surface area contributed by atoms with Crippen molar-refractivity contribution < 1.29 is 13.2 Å². The van der Waals surface area contributed by atoms with Gasteiger partial charge in [0, 0.05) is 37.8 Å². The number of benzene rings is 2. The molecule has 2 heterocycles. The highest BCUT2D eigenvalue weighted by Gasteiger charge is 2.25. The Morgan fingerprint density at radius 3 is 2.72 bits per heavy atom. The van der Waals surface area contributed by atoms with Crippen LogP contribution in [0.25, 0.3) is 11.5 Å². The standard InChI is InChI=1S/C23H25F2N5O.HI/c1-15-3-5-16(6-4-15)22-28-19(14-31-22)12-27-23(26-2)29-18-9-10-30(13-18)21-8-7-17(24)11-20(21)25;/h3-8,11,14,18H,9-10,12-13H2,1-2H3,(H2,26,27,29);1H. The Labute approximate surface area is 203 Å². The molecule has 2 N–H and O–H groups in total. The summed E-state index contributed by atoms with van der Waals surface area (Å²) in [5.41, 5.74) is 3.29. The molecule has 0 saturated carbocycles. The molecule has 0 spiro atoms. The predicted molar refractivity (Wildman–Crippen MR) is 132 cm³/mol. The molecule has 3 aromatic rings. The molecular weight excluding hydrogens is 527 g/mol. The third kappa shape index (κ3) is 5.76. The summed E-state index contributed by atoms with van der Waals surface area (Å²) in [6.07, 6.45) is 2.45. The van der Waals surface area contributed by atoms with Gasteiger partial charge in [-0.05, 0) is 37.6 Å². The lowest BCUT2D eigenvalue weighted by molar-refractivity contribution is 0.572. The van der Waals surface area contributed by atoms with Gasteiger partial charge in [0.05, 0.1) is 17.9 Å². The first-order valence-electron chi connectivity index (χ1n) is 10.2. The molecule has 0 amide bonds. The van der Waals surface area contributed by atoms with Crippen molar-refractivity contribution in [3.05, 3.63) is 71.6 Å². The number of nitrogens with zero attached hydrogens (tertiary/aromatic N) is 3. The first-order valence-corrected chi connectivity index (χ1v) is 10.2. The molecule has 170 valence electrons. The van der Waals surface area contributed by atoms with Gasteiger partial charge in [0.15, 0.2) is 5.96 Å². The number of hydrogen-bond acceptors (Lipinski definition) is 4. The molecule has 1 fully saturated rings. The summed E-state index contributed by atoms with van der Waals surface area (Å²) >= 11 is 0. The van der Waals surface area contributed by atoms with Gasteiger partial charge in [-0.15, -0.1) is 24.0 Å². The molecule has 1 aliphatic rings. The van der Waals surface area contributed by atoms with Gasteiger partial charge in [-0.25, -0.2) is 13.8 Å². The maximum Gasteiger partial charge on any atom is 0.226 e. The van der Waals surface area contributed by atoms with Gasteiger partial charge in [0.1, 0.15) is 17.9 Å². The lowest BCUT2D eigenvalue weighted by Gasteiger charge is -2.20. The molecule has 1 saturated heterocycles. The van der Waals surface area contributed by atoms with Gasteiger partial charge in [-0.3, -0.25) is 4.99 Å². The molecular formula is C23H26F2IN5O. The van der Waals surface area contributed by atoms with Crippen molar-refractivity contribution in [2.75, 3.05) is 25.0 Å². The third-order valence-electron chi connectivity index (χ3n) is 5.29. The van der Waals surface area contributed by atoms with E-state index in [1.165, 1.54) is 17.7 Å². The van der Waals surface area contributed by atoms with E-state index in [-0.39, 0.29) is 30.0 Å². The summed E-state index contributed by atoms with van der Waals surface area (Å²) in [7, 11) is 1.70. The summed E-state index contributed by atoms with van der Waals surface area (Å²) in [4.78, 5) is 10.7. The quantitative estimate of drug-likeness (QED) is 0.277. The van der Waals surface area contributed by atoms with E-state index in [4.69, 9.17) is 4.42 Å². The van der Waals surface area contributed by atoms with E-state index in [2.05, 4.69) is 20.6 Å². The van der Waals surface area contributed by atoms with Crippen LogP contribution in [0.4, 0.5) is 14.5 Å². The normalized spacial score (nSPS) is 16.1. The van der Waals surface area contributed by atoms with Crippen molar-refractivity contribution in [2.24, 2.45) is 4.99 Å². The van der Waals surface area contributed by atoms with Crippen LogP contribution >= 0.6 is 24.0 Å². The Bertz CT molecular complexity index is 1070. The number of nitrogens with one attached hydrogen (secondary N) is 2. The monoisotopic (exact) mass is 553 g/mol. The van der Waals surface area contributed by atoms with Gasteiger partial charge in [0.2, 0.25) is 5.89 Å². The number of halogens is 3. The van der Waals surface area contributed by atoms with Gasteiger partial charge in [-0.1, -0.05) is 17.7 Å². The molecule has 1 aromatic heterocycles. The zero-order valence-corrected chi connectivity index (χ0v) is 20.3. The minimum absolute atomic E-state index is 0. The SMILES string of the molecule is CN=C(NCc1coc(-c2ccc(C)cc2)n1)NC1CCN(c2ccc(F)cc2F)C1.I. The van der Waals surface area contributed by atoms with Crippen molar-refractivity contribution in [1.82, 2.24) is 15.6 Å². The van der Waals surface area contributed by atoms with E-state index < -0.39 is 11.6 Å². The van der Waals surface area contributed by atoms with Crippen LogP contribution in [0, 0.1) is 18.6 Å². The Kier molecular flexibility index (Phi) is 8.05.